The van der Waals surface area contributed by atoms with Crippen molar-refractivity contribution in [2.24, 2.45) is 5.84 Å². The second-order valence-corrected chi connectivity index (χ2v) is 6.94. The number of halogens is 3. The molecule has 3 N–H and O–H groups in total. The van der Waals surface area contributed by atoms with Crippen molar-refractivity contribution in [2.45, 2.75) is 39.7 Å². The average Bonchev–Trinajstić information content (AvgIpc) is 2.61. The number of hydrogen-bond acceptors (Lipinski definition) is 4. The minimum absolute atomic E-state index is 0. The van der Waals surface area contributed by atoms with Gasteiger partial charge in [0.15, 0.2) is 5.78 Å². The van der Waals surface area contributed by atoms with Crippen LogP contribution in [0, 0.1) is 0 Å². The maximum Gasteiger partial charge on any atom is 0.253 e. The minimum Gasteiger partial charge on any atom is -0.289 e. The van der Waals surface area contributed by atoms with Crippen LogP contribution in [0.5, 0.6) is 0 Å². The van der Waals surface area contributed by atoms with Gasteiger partial charge in [0.1, 0.15) is 0 Å². The van der Waals surface area contributed by atoms with E-state index in [2.05, 4.69) is 12.3 Å². The highest BCUT2D eigenvalue weighted by Crippen LogP contribution is 2.17. The fourth-order valence-electron chi connectivity index (χ4n) is 1.90. The number of hydrogen-bond donors (Lipinski definition) is 2. The van der Waals surface area contributed by atoms with Crippen LogP contribution in [0.2, 0.25) is 0 Å². The highest BCUT2D eigenvalue weighted by atomic mass is 35.5. The maximum absolute atomic E-state index is 12.4. The van der Waals surface area contributed by atoms with E-state index in [1.54, 1.807) is 36.4 Å². The monoisotopic (exact) mass is 432 g/mol. The standard InChI is InChI=1S/C16H13ClO2.C4H12N2.2ClH/c1-2-11-7-9-12(10-8-11)15(18)13-5-3-4-6-14(13)16(17)19;1-4(2,3)6-5;;/h3-10H,2H2,1H3;6H,5H2,1-3H3;2*1H. The van der Waals surface area contributed by atoms with E-state index in [1.807, 2.05) is 32.9 Å². The number of carbonyl (C=O) groups is 2. The number of nitrogens with one attached hydrogen (secondary N) is 1. The SMILES string of the molecule is CC(C)(C)NN.CCc1ccc(C(=O)c2ccccc2C(=O)Cl)cc1.Cl.Cl. The molecular weight excluding hydrogens is 407 g/mol. The van der Waals surface area contributed by atoms with Gasteiger partial charge in [-0.15, -0.1) is 24.8 Å². The van der Waals surface area contributed by atoms with Gasteiger partial charge >= 0.3 is 0 Å². The summed E-state index contributed by atoms with van der Waals surface area (Å²) in [6.07, 6.45) is 0.922. The highest BCUT2D eigenvalue weighted by Gasteiger charge is 2.16. The van der Waals surface area contributed by atoms with Crippen molar-refractivity contribution in [3.8, 4) is 0 Å². The molecule has 0 saturated carbocycles. The first-order valence-corrected chi connectivity index (χ1v) is 8.47. The molecule has 0 radical (unpaired) electrons. The molecule has 0 bridgehead atoms. The molecule has 0 aliphatic heterocycles. The van der Waals surface area contributed by atoms with Crippen molar-refractivity contribution in [2.75, 3.05) is 0 Å². The first kappa shape index (κ1) is 27.8. The molecule has 0 spiro atoms. The van der Waals surface area contributed by atoms with Crippen molar-refractivity contribution >= 4 is 47.4 Å². The summed E-state index contributed by atoms with van der Waals surface area (Å²) in [5.74, 6) is 4.87. The molecule has 27 heavy (non-hydrogen) atoms. The third-order valence-corrected chi connectivity index (χ3v) is 3.64. The molecule has 0 saturated heterocycles. The Morgan fingerprint density at radius 3 is 1.78 bits per heavy atom. The maximum atomic E-state index is 12.4. The van der Waals surface area contributed by atoms with E-state index in [-0.39, 0.29) is 41.7 Å². The number of hydrazine groups is 1. The zero-order valence-corrected chi connectivity index (χ0v) is 18.3. The summed E-state index contributed by atoms with van der Waals surface area (Å²) in [6.45, 7) is 8.07. The zero-order valence-electron chi connectivity index (χ0n) is 15.9. The van der Waals surface area contributed by atoms with Gasteiger partial charge in [-0.1, -0.05) is 49.4 Å². The Bertz CT molecular complexity index is 727. The molecular formula is C20H27Cl3N2O2. The summed E-state index contributed by atoms with van der Waals surface area (Å²) in [5, 5.41) is -0.617. The molecule has 2 aromatic carbocycles. The second-order valence-electron chi connectivity index (χ2n) is 6.59. The Morgan fingerprint density at radius 2 is 1.41 bits per heavy atom. The van der Waals surface area contributed by atoms with Gasteiger partial charge in [0, 0.05) is 22.2 Å². The summed E-state index contributed by atoms with van der Waals surface area (Å²) >= 11 is 5.50. The largest absolute Gasteiger partial charge is 0.289 e. The molecule has 0 aromatic heterocycles. The molecule has 0 aliphatic carbocycles. The van der Waals surface area contributed by atoms with Crippen LogP contribution in [0.25, 0.3) is 0 Å². The van der Waals surface area contributed by atoms with Crippen LogP contribution >= 0.6 is 36.4 Å². The summed E-state index contributed by atoms with van der Waals surface area (Å²) in [5.41, 5.74) is 4.98. The molecule has 2 aromatic rings. The van der Waals surface area contributed by atoms with E-state index in [0.717, 1.165) is 6.42 Å². The number of nitrogens with two attached hydrogens (primary N) is 1. The van der Waals surface area contributed by atoms with E-state index in [0.29, 0.717) is 11.1 Å². The van der Waals surface area contributed by atoms with Crippen molar-refractivity contribution in [3.05, 3.63) is 70.8 Å². The van der Waals surface area contributed by atoms with Crippen molar-refractivity contribution in [1.29, 1.82) is 0 Å². The van der Waals surface area contributed by atoms with E-state index in [1.165, 1.54) is 5.56 Å². The fourth-order valence-corrected chi connectivity index (χ4v) is 2.06. The second kappa shape index (κ2) is 12.9. The van der Waals surface area contributed by atoms with Crippen LogP contribution in [-0.2, 0) is 6.42 Å². The van der Waals surface area contributed by atoms with Gasteiger partial charge in [-0.3, -0.25) is 20.9 Å². The highest BCUT2D eigenvalue weighted by molar-refractivity contribution is 6.68. The van der Waals surface area contributed by atoms with E-state index >= 15 is 0 Å². The summed E-state index contributed by atoms with van der Waals surface area (Å²) in [6, 6.07) is 14.0. The van der Waals surface area contributed by atoms with Crippen LogP contribution in [0.1, 0.15) is 59.5 Å². The lowest BCUT2D eigenvalue weighted by Gasteiger charge is -2.14. The van der Waals surface area contributed by atoms with Gasteiger partial charge < -0.3 is 0 Å². The number of benzene rings is 2. The third kappa shape index (κ3) is 9.36. The number of aryl methyl sites for hydroxylation is 1. The van der Waals surface area contributed by atoms with Gasteiger partial charge in [-0.05, 0) is 50.4 Å². The number of carbonyl (C=O) groups excluding carboxylic acids is 2. The van der Waals surface area contributed by atoms with E-state index < -0.39 is 5.24 Å². The van der Waals surface area contributed by atoms with Gasteiger partial charge in [-0.2, -0.15) is 0 Å². The molecule has 0 heterocycles. The topological polar surface area (TPSA) is 72.2 Å². The average molecular weight is 434 g/mol. The molecule has 4 nitrogen and oxygen atoms in total. The zero-order chi connectivity index (χ0) is 19.0. The van der Waals surface area contributed by atoms with Crippen LogP contribution in [0.15, 0.2) is 48.5 Å². The lowest BCUT2D eigenvalue weighted by molar-refractivity contribution is 0.102. The van der Waals surface area contributed by atoms with E-state index in [4.69, 9.17) is 17.4 Å². The molecule has 0 atom stereocenters. The first-order chi connectivity index (χ1) is 11.7. The Kier molecular flexibility index (Phi) is 13.2. The Balaban J connectivity index is 0. The Hall–Kier alpha value is -1.43. The van der Waals surface area contributed by atoms with Gasteiger partial charge in [0.2, 0.25) is 0 Å². The van der Waals surface area contributed by atoms with Crippen LogP contribution < -0.4 is 11.3 Å². The van der Waals surface area contributed by atoms with Gasteiger partial charge in [-0.25, -0.2) is 0 Å². The van der Waals surface area contributed by atoms with Gasteiger partial charge in [0.05, 0.1) is 0 Å². The lowest BCUT2D eigenvalue weighted by atomic mass is 9.98. The fraction of sp³-hybridized carbons (Fsp3) is 0.300. The van der Waals surface area contributed by atoms with Crippen LogP contribution in [0.4, 0.5) is 0 Å². The molecule has 0 aliphatic rings. The van der Waals surface area contributed by atoms with Crippen molar-refractivity contribution < 1.29 is 9.59 Å². The quantitative estimate of drug-likeness (QED) is 0.310. The third-order valence-electron chi connectivity index (χ3n) is 3.44. The molecule has 0 amide bonds. The molecule has 0 unspecified atom stereocenters. The Morgan fingerprint density at radius 1 is 0.963 bits per heavy atom. The van der Waals surface area contributed by atoms with Crippen LogP contribution in [-0.4, -0.2) is 16.6 Å². The number of rotatable bonds is 4. The normalized spacial score (nSPS) is 9.85. The van der Waals surface area contributed by atoms with Crippen molar-refractivity contribution in [3.63, 3.8) is 0 Å². The lowest BCUT2D eigenvalue weighted by Crippen LogP contribution is -2.41. The molecule has 2 rings (SSSR count). The molecule has 7 heteroatoms. The summed E-state index contributed by atoms with van der Waals surface area (Å²) < 4.78 is 0. The molecule has 0 fully saturated rings. The number of ketones is 1. The molecule has 150 valence electrons. The predicted octanol–water partition coefficient (Wildman–Crippen LogP) is 4.95. The van der Waals surface area contributed by atoms with Gasteiger partial charge in [0.25, 0.3) is 5.24 Å². The predicted molar refractivity (Wildman–Crippen MR) is 117 cm³/mol. The summed E-state index contributed by atoms with van der Waals surface area (Å²) in [4.78, 5) is 23.7. The first-order valence-electron chi connectivity index (χ1n) is 8.10. The summed E-state index contributed by atoms with van der Waals surface area (Å²) in [7, 11) is 0. The Labute approximate surface area is 178 Å². The van der Waals surface area contributed by atoms with Crippen molar-refractivity contribution in [1.82, 2.24) is 5.43 Å². The minimum atomic E-state index is -0.617. The van der Waals surface area contributed by atoms with Crippen LogP contribution in [0.3, 0.4) is 0 Å². The van der Waals surface area contributed by atoms with E-state index in [9.17, 15) is 9.59 Å². The smallest absolute Gasteiger partial charge is 0.253 e.